The molecule has 24 heavy (non-hydrogen) atoms. The SMILES string of the molecule is COC[C@@H]1[C@H](Nc2ncc(F)c(N3CCOCC3)n2)[C@@H]2CCO[C@H]12. The Kier molecular flexibility index (Phi) is 4.51. The highest BCUT2D eigenvalue weighted by molar-refractivity contribution is 5.45. The summed E-state index contributed by atoms with van der Waals surface area (Å²) in [7, 11) is 1.70. The van der Waals surface area contributed by atoms with Crippen molar-refractivity contribution in [3.63, 3.8) is 0 Å². The van der Waals surface area contributed by atoms with E-state index in [0.29, 0.717) is 50.6 Å². The normalized spacial score (nSPS) is 32.3. The van der Waals surface area contributed by atoms with Crippen LogP contribution in [-0.2, 0) is 14.2 Å². The summed E-state index contributed by atoms with van der Waals surface area (Å²) in [6.07, 6.45) is 2.52. The third-order valence-electron chi connectivity index (χ3n) is 5.22. The molecule has 0 amide bonds. The third-order valence-corrected chi connectivity index (χ3v) is 5.22. The first kappa shape index (κ1) is 16.0. The molecule has 4 rings (SSSR count). The van der Waals surface area contributed by atoms with E-state index >= 15 is 0 Å². The number of aromatic nitrogens is 2. The van der Waals surface area contributed by atoms with Gasteiger partial charge in [0.05, 0.1) is 32.1 Å². The number of hydrogen-bond acceptors (Lipinski definition) is 7. The molecule has 1 aromatic rings. The Morgan fingerprint density at radius 2 is 2.21 bits per heavy atom. The zero-order valence-corrected chi connectivity index (χ0v) is 13.8. The Hall–Kier alpha value is -1.51. The molecule has 0 bridgehead atoms. The van der Waals surface area contributed by atoms with Gasteiger partial charge in [-0.1, -0.05) is 0 Å². The van der Waals surface area contributed by atoms with Crippen LogP contribution < -0.4 is 10.2 Å². The molecule has 1 aliphatic carbocycles. The molecule has 2 aliphatic heterocycles. The van der Waals surface area contributed by atoms with E-state index in [1.807, 2.05) is 4.90 Å². The fraction of sp³-hybridized carbons (Fsp3) is 0.750. The van der Waals surface area contributed by atoms with Gasteiger partial charge in [0.25, 0.3) is 0 Å². The minimum Gasteiger partial charge on any atom is -0.384 e. The van der Waals surface area contributed by atoms with E-state index in [4.69, 9.17) is 14.2 Å². The number of nitrogens with zero attached hydrogens (tertiary/aromatic N) is 3. The first-order valence-electron chi connectivity index (χ1n) is 8.50. The van der Waals surface area contributed by atoms with Crippen LogP contribution in [0.3, 0.4) is 0 Å². The van der Waals surface area contributed by atoms with Crippen molar-refractivity contribution in [2.45, 2.75) is 18.6 Å². The Bertz CT molecular complexity index is 584. The number of hydrogen-bond donors (Lipinski definition) is 1. The van der Waals surface area contributed by atoms with Gasteiger partial charge >= 0.3 is 0 Å². The van der Waals surface area contributed by atoms with Gasteiger partial charge in [-0.15, -0.1) is 0 Å². The largest absolute Gasteiger partial charge is 0.384 e. The van der Waals surface area contributed by atoms with Crippen LogP contribution >= 0.6 is 0 Å². The van der Waals surface area contributed by atoms with Crippen molar-refractivity contribution in [2.24, 2.45) is 11.8 Å². The van der Waals surface area contributed by atoms with Gasteiger partial charge in [0.1, 0.15) is 0 Å². The smallest absolute Gasteiger partial charge is 0.225 e. The van der Waals surface area contributed by atoms with E-state index in [2.05, 4.69) is 15.3 Å². The lowest BCUT2D eigenvalue weighted by Crippen LogP contribution is -2.58. The molecular formula is C16H23FN4O3. The Balaban J connectivity index is 1.50. The average molecular weight is 338 g/mol. The van der Waals surface area contributed by atoms with Crippen molar-refractivity contribution in [2.75, 3.05) is 56.8 Å². The molecule has 7 nitrogen and oxygen atoms in total. The molecule has 4 atom stereocenters. The van der Waals surface area contributed by atoms with Crippen molar-refractivity contribution < 1.29 is 18.6 Å². The topological polar surface area (TPSA) is 68.7 Å². The van der Waals surface area contributed by atoms with Crippen molar-refractivity contribution in [1.29, 1.82) is 0 Å². The zero-order valence-electron chi connectivity index (χ0n) is 13.8. The number of morpholine rings is 1. The maximum atomic E-state index is 14.1. The minimum absolute atomic E-state index is 0.209. The summed E-state index contributed by atoms with van der Waals surface area (Å²) in [5.74, 6) is 1.15. The summed E-state index contributed by atoms with van der Waals surface area (Å²) >= 11 is 0. The molecule has 2 saturated heterocycles. The van der Waals surface area contributed by atoms with Crippen LogP contribution in [0.15, 0.2) is 6.20 Å². The molecule has 0 aromatic carbocycles. The number of nitrogens with one attached hydrogen (secondary N) is 1. The number of rotatable bonds is 5. The highest BCUT2D eigenvalue weighted by Crippen LogP contribution is 2.45. The molecule has 0 spiro atoms. The highest BCUT2D eigenvalue weighted by atomic mass is 19.1. The van der Waals surface area contributed by atoms with Crippen LogP contribution in [0.5, 0.6) is 0 Å². The van der Waals surface area contributed by atoms with E-state index in [0.717, 1.165) is 13.0 Å². The van der Waals surface area contributed by atoms with E-state index in [9.17, 15) is 4.39 Å². The van der Waals surface area contributed by atoms with Crippen LogP contribution in [0, 0.1) is 17.7 Å². The van der Waals surface area contributed by atoms with Gasteiger partial charge in [0.2, 0.25) is 5.95 Å². The number of ether oxygens (including phenoxy) is 3. The second-order valence-corrected chi connectivity index (χ2v) is 6.54. The number of halogens is 1. The summed E-state index contributed by atoms with van der Waals surface area (Å²) in [6, 6.07) is 0.209. The Labute approximate surface area is 140 Å². The van der Waals surface area contributed by atoms with Gasteiger partial charge in [-0.25, -0.2) is 9.37 Å². The molecular weight excluding hydrogens is 315 g/mol. The summed E-state index contributed by atoms with van der Waals surface area (Å²) in [6.45, 7) is 3.88. The first-order chi connectivity index (χ1) is 11.8. The summed E-state index contributed by atoms with van der Waals surface area (Å²) in [5, 5.41) is 3.38. The molecule has 3 heterocycles. The van der Waals surface area contributed by atoms with Gasteiger partial charge in [-0.3, -0.25) is 0 Å². The van der Waals surface area contributed by atoms with E-state index in [1.165, 1.54) is 6.20 Å². The molecule has 1 aromatic heterocycles. The van der Waals surface area contributed by atoms with Gasteiger partial charge in [0, 0.05) is 44.7 Å². The molecule has 8 heteroatoms. The predicted octanol–water partition coefficient (Wildman–Crippen LogP) is 0.914. The van der Waals surface area contributed by atoms with Gasteiger partial charge in [0.15, 0.2) is 11.6 Å². The average Bonchev–Trinajstić information content (AvgIpc) is 3.04. The summed E-state index contributed by atoms with van der Waals surface area (Å²) in [4.78, 5) is 10.4. The van der Waals surface area contributed by atoms with E-state index < -0.39 is 5.82 Å². The Morgan fingerprint density at radius 1 is 1.38 bits per heavy atom. The van der Waals surface area contributed by atoms with Crippen LogP contribution in [-0.4, -0.2) is 68.7 Å². The molecule has 0 unspecified atom stereocenters. The quantitative estimate of drug-likeness (QED) is 0.856. The third kappa shape index (κ3) is 2.82. The van der Waals surface area contributed by atoms with Crippen molar-refractivity contribution >= 4 is 11.8 Å². The standard InChI is InChI=1S/C16H23FN4O3/c1-22-9-11-13(10-2-5-24-14(10)11)19-16-18-8-12(17)15(20-16)21-3-6-23-7-4-21/h8,10-11,13-14H,2-7,9H2,1H3,(H,18,19,20)/t10-,11+,13+,14-/m0/s1. The van der Waals surface area contributed by atoms with Gasteiger partial charge < -0.3 is 24.4 Å². The lowest BCUT2D eigenvalue weighted by atomic mass is 9.67. The number of fused-ring (bicyclic) bond motifs is 1. The second-order valence-electron chi connectivity index (χ2n) is 6.54. The first-order valence-corrected chi connectivity index (χ1v) is 8.50. The maximum absolute atomic E-state index is 14.1. The predicted molar refractivity (Wildman–Crippen MR) is 85.6 cm³/mol. The molecule has 3 fully saturated rings. The van der Waals surface area contributed by atoms with Crippen LogP contribution in [0.25, 0.3) is 0 Å². The molecule has 1 N–H and O–H groups in total. The summed E-state index contributed by atoms with van der Waals surface area (Å²) < 4.78 is 30.5. The minimum atomic E-state index is -0.397. The monoisotopic (exact) mass is 338 g/mol. The second kappa shape index (κ2) is 6.78. The summed E-state index contributed by atoms with van der Waals surface area (Å²) in [5.41, 5.74) is 0. The fourth-order valence-electron chi connectivity index (χ4n) is 4.01. The van der Waals surface area contributed by atoms with Crippen LogP contribution in [0.1, 0.15) is 6.42 Å². The van der Waals surface area contributed by atoms with Crippen molar-refractivity contribution in [3.8, 4) is 0 Å². The van der Waals surface area contributed by atoms with Crippen LogP contribution in [0.4, 0.5) is 16.2 Å². The number of methoxy groups -OCH3 is 1. The highest BCUT2D eigenvalue weighted by Gasteiger charge is 2.54. The van der Waals surface area contributed by atoms with Crippen LogP contribution in [0.2, 0.25) is 0 Å². The van der Waals surface area contributed by atoms with Crippen molar-refractivity contribution in [1.82, 2.24) is 9.97 Å². The molecule has 3 aliphatic rings. The van der Waals surface area contributed by atoms with Crippen molar-refractivity contribution in [3.05, 3.63) is 12.0 Å². The number of anilines is 2. The Morgan fingerprint density at radius 3 is 3.00 bits per heavy atom. The fourth-order valence-corrected chi connectivity index (χ4v) is 4.01. The van der Waals surface area contributed by atoms with E-state index in [-0.39, 0.29) is 18.1 Å². The molecule has 0 radical (unpaired) electrons. The zero-order chi connectivity index (χ0) is 16.5. The lowest BCUT2D eigenvalue weighted by Gasteiger charge is -2.47. The molecule has 132 valence electrons. The lowest BCUT2D eigenvalue weighted by molar-refractivity contribution is -0.0668. The maximum Gasteiger partial charge on any atom is 0.225 e. The van der Waals surface area contributed by atoms with Gasteiger partial charge in [-0.2, -0.15) is 4.98 Å². The molecule has 1 saturated carbocycles. The van der Waals surface area contributed by atoms with E-state index in [1.54, 1.807) is 7.11 Å². The van der Waals surface area contributed by atoms with Gasteiger partial charge in [-0.05, 0) is 6.42 Å².